The Morgan fingerprint density at radius 2 is 1.95 bits per heavy atom. The zero-order valence-corrected chi connectivity index (χ0v) is 12.7. The van der Waals surface area contributed by atoms with Crippen LogP contribution in [0.25, 0.3) is 10.8 Å². The number of anilines is 1. The van der Waals surface area contributed by atoms with Gasteiger partial charge in [-0.05, 0) is 6.92 Å². The average Bonchev–Trinajstić information content (AvgIpc) is 2.85. The lowest BCUT2D eigenvalue weighted by Gasteiger charge is -2.19. The Balaban J connectivity index is 2.02. The van der Waals surface area contributed by atoms with E-state index in [1.54, 1.807) is 11.3 Å². The van der Waals surface area contributed by atoms with Crippen molar-refractivity contribution in [3.63, 3.8) is 0 Å². The van der Waals surface area contributed by atoms with Crippen molar-refractivity contribution >= 4 is 39.5 Å². The minimum absolute atomic E-state index is 0.437. The van der Waals surface area contributed by atoms with Gasteiger partial charge in [0.15, 0.2) is 11.0 Å². The van der Waals surface area contributed by atoms with Crippen LogP contribution in [-0.2, 0) is 6.54 Å². The average molecular weight is 305 g/mol. The van der Waals surface area contributed by atoms with Crippen LogP contribution in [0.4, 0.5) is 5.82 Å². The number of hydrogen-bond acceptors (Lipinski definition) is 5. The molecule has 3 rings (SSSR count). The molecule has 0 aliphatic heterocycles. The van der Waals surface area contributed by atoms with Gasteiger partial charge in [0.1, 0.15) is 0 Å². The normalized spacial score (nSPS) is 10.9. The van der Waals surface area contributed by atoms with E-state index < -0.39 is 0 Å². The summed E-state index contributed by atoms with van der Waals surface area (Å²) < 4.78 is 0. The third-order valence-corrected chi connectivity index (χ3v) is 4.41. The number of benzene rings is 1. The Morgan fingerprint density at radius 3 is 2.65 bits per heavy atom. The Morgan fingerprint density at radius 1 is 1.20 bits per heavy atom. The predicted octanol–water partition coefficient (Wildman–Crippen LogP) is 3.68. The molecule has 2 heterocycles. The van der Waals surface area contributed by atoms with E-state index >= 15 is 0 Å². The Kier molecular flexibility index (Phi) is 3.54. The second-order valence-corrected chi connectivity index (χ2v) is 5.87. The van der Waals surface area contributed by atoms with Gasteiger partial charge in [-0.2, -0.15) is 0 Å². The third kappa shape index (κ3) is 2.34. The van der Waals surface area contributed by atoms with Crippen LogP contribution in [0.15, 0.2) is 29.8 Å². The van der Waals surface area contributed by atoms with Crippen molar-refractivity contribution in [1.29, 1.82) is 0 Å². The van der Waals surface area contributed by atoms with Crippen LogP contribution < -0.4 is 4.90 Å². The van der Waals surface area contributed by atoms with Gasteiger partial charge in [0.25, 0.3) is 0 Å². The number of fused-ring (bicyclic) bond motifs is 1. The third-order valence-electron chi connectivity index (χ3n) is 3.21. The van der Waals surface area contributed by atoms with Gasteiger partial charge < -0.3 is 4.90 Å². The highest BCUT2D eigenvalue weighted by molar-refractivity contribution is 7.09. The summed E-state index contributed by atoms with van der Waals surface area (Å²) in [6.45, 7) is 2.78. The van der Waals surface area contributed by atoms with Crippen molar-refractivity contribution < 1.29 is 0 Å². The first-order chi connectivity index (χ1) is 9.66. The first kappa shape index (κ1) is 13.3. The van der Waals surface area contributed by atoms with Gasteiger partial charge in [0.2, 0.25) is 0 Å². The zero-order chi connectivity index (χ0) is 14.1. The molecule has 0 aliphatic carbocycles. The Bertz CT molecular complexity index is 756. The van der Waals surface area contributed by atoms with Crippen molar-refractivity contribution in [2.45, 2.75) is 13.5 Å². The molecule has 0 unspecified atom stereocenters. The van der Waals surface area contributed by atoms with Gasteiger partial charge in [-0.1, -0.05) is 35.9 Å². The maximum Gasteiger partial charge on any atom is 0.159 e. The molecule has 0 fully saturated rings. The second kappa shape index (κ2) is 5.34. The lowest BCUT2D eigenvalue weighted by Crippen LogP contribution is -2.18. The van der Waals surface area contributed by atoms with Crippen LogP contribution in [0.3, 0.4) is 0 Å². The lowest BCUT2D eigenvalue weighted by molar-refractivity contribution is 0.879. The highest BCUT2D eigenvalue weighted by Crippen LogP contribution is 2.28. The van der Waals surface area contributed by atoms with E-state index in [-0.39, 0.29) is 0 Å². The molecule has 2 aromatic heterocycles. The fraction of sp³-hybridized carbons (Fsp3) is 0.214. The molecular weight excluding hydrogens is 292 g/mol. The summed E-state index contributed by atoms with van der Waals surface area (Å²) in [5.74, 6) is 0.831. The van der Waals surface area contributed by atoms with Crippen LogP contribution in [0.2, 0.25) is 5.15 Å². The molecule has 20 heavy (non-hydrogen) atoms. The van der Waals surface area contributed by atoms with E-state index in [1.807, 2.05) is 43.7 Å². The van der Waals surface area contributed by atoms with Crippen LogP contribution >= 0.6 is 22.9 Å². The van der Waals surface area contributed by atoms with Crippen molar-refractivity contribution in [3.05, 3.63) is 45.5 Å². The molecule has 6 heteroatoms. The first-order valence-electron chi connectivity index (χ1n) is 6.18. The van der Waals surface area contributed by atoms with Crippen molar-refractivity contribution in [2.24, 2.45) is 0 Å². The number of nitrogens with zero attached hydrogens (tertiary/aromatic N) is 4. The van der Waals surface area contributed by atoms with Crippen molar-refractivity contribution in [3.8, 4) is 0 Å². The molecule has 102 valence electrons. The molecule has 1 aromatic carbocycles. The fourth-order valence-corrected chi connectivity index (χ4v) is 3.14. The van der Waals surface area contributed by atoms with Gasteiger partial charge in [-0.3, -0.25) is 0 Å². The molecule has 0 N–H and O–H groups in total. The molecular formula is C14H13ClN4S. The van der Waals surface area contributed by atoms with Crippen LogP contribution in [0.1, 0.15) is 10.6 Å². The number of rotatable bonds is 3. The number of aromatic nitrogens is 3. The molecule has 0 radical (unpaired) electrons. The molecule has 0 aliphatic rings. The Labute approximate surface area is 126 Å². The molecule has 0 bridgehead atoms. The molecule has 0 spiro atoms. The van der Waals surface area contributed by atoms with Gasteiger partial charge >= 0.3 is 0 Å². The highest BCUT2D eigenvalue weighted by Gasteiger charge is 2.13. The maximum absolute atomic E-state index is 6.10. The smallest absolute Gasteiger partial charge is 0.159 e. The quantitative estimate of drug-likeness (QED) is 0.740. The summed E-state index contributed by atoms with van der Waals surface area (Å²) in [4.78, 5) is 7.58. The maximum atomic E-state index is 6.10. The summed E-state index contributed by atoms with van der Waals surface area (Å²) >= 11 is 7.76. The molecule has 0 saturated heterocycles. The minimum atomic E-state index is 0.437. The van der Waals surface area contributed by atoms with E-state index in [0.717, 1.165) is 28.8 Å². The van der Waals surface area contributed by atoms with Gasteiger partial charge in [-0.15, -0.1) is 21.5 Å². The molecule has 0 amide bonds. The van der Waals surface area contributed by atoms with E-state index in [9.17, 15) is 0 Å². The van der Waals surface area contributed by atoms with Crippen LogP contribution in [0, 0.1) is 6.92 Å². The summed E-state index contributed by atoms with van der Waals surface area (Å²) in [6.07, 6.45) is 0. The number of thiazole rings is 1. The molecule has 3 aromatic rings. The monoisotopic (exact) mass is 304 g/mol. The number of aryl methyl sites for hydroxylation is 1. The van der Waals surface area contributed by atoms with E-state index in [0.29, 0.717) is 5.15 Å². The lowest BCUT2D eigenvalue weighted by atomic mass is 10.2. The summed E-state index contributed by atoms with van der Waals surface area (Å²) in [5, 5.41) is 10.7. The SMILES string of the molecule is Cc1ncsc1CN(C)c1nnc(Cl)c2ccccc12. The van der Waals surface area contributed by atoms with Gasteiger partial charge in [-0.25, -0.2) is 4.98 Å². The van der Waals surface area contributed by atoms with E-state index in [4.69, 9.17) is 11.6 Å². The fourth-order valence-electron chi connectivity index (χ4n) is 2.11. The largest absolute Gasteiger partial charge is 0.352 e. The van der Waals surface area contributed by atoms with Gasteiger partial charge in [0.05, 0.1) is 17.7 Å². The second-order valence-electron chi connectivity index (χ2n) is 4.58. The zero-order valence-electron chi connectivity index (χ0n) is 11.2. The van der Waals surface area contributed by atoms with Crippen LogP contribution in [0.5, 0.6) is 0 Å². The van der Waals surface area contributed by atoms with Gasteiger partial charge in [0, 0.05) is 22.7 Å². The molecule has 0 atom stereocenters. The van der Waals surface area contributed by atoms with E-state index in [1.165, 1.54) is 4.88 Å². The minimum Gasteiger partial charge on any atom is -0.352 e. The number of hydrogen-bond donors (Lipinski definition) is 0. The van der Waals surface area contributed by atoms with Crippen LogP contribution in [-0.4, -0.2) is 22.2 Å². The number of halogens is 1. The molecule has 4 nitrogen and oxygen atoms in total. The first-order valence-corrected chi connectivity index (χ1v) is 7.43. The van der Waals surface area contributed by atoms with E-state index in [2.05, 4.69) is 20.1 Å². The topological polar surface area (TPSA) is 41.9 Å². The van der Waals surface area contributed by atoms with Crippen molar-refractivity contribution in [2.75, 3.05) is 11.9 Å². The summed E-state index contributed by atoms with van der Waals surface area (Å²) in [7, 11) is 2.00. The Hall–Kier alpha value is -1.72. The predicted molar refractivity (Wildman–Crippen MR) is 83.5 cm³/mol. The summed E-state index contributed by atoms with van der Waals surface area (Å²) in [5.41, 5.74) is 2.93. The van der Waals surface area contributed by atoms with Crippen molar-refractivity contribution in [1.82, 2.24) is 15.2 Å². The highest BCUT2D eigenvalue weighted by atomic mass is 35.5. The molecule has 0 saturated carbocycles. The summed E-state index contributed by atoms with van der Waals surface area (Å²) in [6, 6.07) is 7.91. The standard InChI is InChI=1S/C14H13ClN4S/c1-9-12(20-8-16-9)7-19(2)14-11-6-4-3-5-10(11)13(15)17-18-14/h3-6,8H,7H2,1-2H3.